The van der Waals surface area contributed by atoms with Gasteiger partial charge in [-0.1, -0.05) is 29.3 Å². The largest absolute Gasteiger partial charge is 0.367 e. The number of carbonyl (C=O) groups is 3. The Bertz CT molecular complexity index is 1300. The standard InChI is InChI=1S/C26H24Cl2N4O4/c27-19-8-3-16(12-20(19)28)13-21(25(35)31-26-9-1-2-23(26)36-14-22(26)33)30-24(34)17-4-6-18(7-5-17)32-11-10-29-15-32/h3-8,10-12,15,21,23H,1-2,9,13-14H2,(H,30,34)(H,31,35). The van der Waals surface area contributed by atoms with Crippen LogP contribution in [0.4, 0.5) is 0 Å². The molecule has 1 aliphatic carbocycles. The molecule has 2 amide bonds. The van der Waals surface area contributed by atoms with Gasteiger partial charge >= 0.3 is 0 Å². The second-order valence-corrected chi connectivity index (χ2v) is 9.89. The summed E-state index contributed by atoms with van der Waals surface area (Å²) in [5.74, 6) is -0.995. The first kappa shape index (κ1) is 24.5. The Kier molecular flexibility index (Phi) is 6.83. The number of benzene rings is 2. The molecule has 5 rings (SSSR count). The molecule has 2 fully saturated rings. The minimum Gasteiger partial charge on any atom is -0.367 e. The molecule has 0 bridgehead atoms. The highest BCUT2D eigenvalue weighted by molar-refractivity contribution is 6.42. The van der Waals surface area contributed by atoms with Crippen LogP contribution < -0.4 is 10.6 Å². The van der Waals surface area contributed by atoms with Crippen molar-refractivity contribution in [1.29, 1.82) is 0 Å². The molecule has 0 spiro atoms. The molecule has 1 aromatic heterocycles. The van der Waals surface area contributed by atoms with Crippen LogP contribution in [0.3, 0.4) is 0 Å². The number of nitrogens with one attached hydrogen (secondary N) is 2. The van der Waals surface area contributed by atoms with Crippen LogP contribution >= 0.6 is 23.2 Å². The molecule has 2 N–H and O–H groups in total. The van der Waals surface area contributed by atoms with Crippen molar-refractivity contribution in [3.8, 4) is 5.69 Å². The van der Waals surface area contributed by atoms with Gasteiger partial charge in [-0.3, -0.25) is 14.4 Å². The van der Waals surface area contributed by atoms with Crippen molar-refractivity contribution in [3.05, 3.63) is 82.4 Å². The van der Waals surface area contributed by atoms with Gasteiger partial charge in [-0.25, -0.2) is 4.98 Å². The second-order valence-electron chi connectivity index (χ2n) is 9.07. The second kappa shape index (κ2) is 10.0. The summed E-state index contributed by atoms with van der Waals surface area (Å²) in [6, 6.07) is 11.1. The molecule has 2 aromatic carbocycles. The highest BCUT2D eigenvalue weighted by atomic mass is 35.5. The Morgan fingerprint density at radius 1 is 1.17 bits per heavy atom. The van der Waals surface area contributed by atoms with Gasteiger partial charge in [-0.2, -0.15) is 0 Å². The normalized spacial score (nSPS) is 21.7. The van der Waals surface area contributed by atoms with Crippen molar-refractivity contribution >= 4 is 40.8 Å². The Morgan fingerprint density at radius 2 is 1.97 bits per heavy atom. The number of aromatic nitrogens is 2. The van der Waals surface area contributed by atoms with Crippen molar-refractivity contribution in [3.63, 3.8) is 0 Å². The number of carbonyl (C=O) groups excluding carboxylic acids is 3. The van der Waals surface area contributed by atoms with E-state index in [0.29, 0.717) is 28.5 Å². The number of Topliss-reactive ketones (excluding diaryl/α,β-unsaturated/α-hetero) is 1. The number of fused-ring (bicyclic) bond motifs is 1. The molecule has 8 nitrogen and oxygen atoms in total. The minimum absolute atomic E-state index is 0.0158. The molecule has 2 heterocycles. The fraction of sp³-hybridized carbons (Fsp3) is 0.308. The lowest BCUT2D eigenvalue weighted by Crippen LogP contribution is -2.60. The van der Waals surface area contributed by atoms with E-state index in [1.165, 1.54) is 0 Å². The Morgan fingerprint density at radius 3 is 2.69 bits per heavy atom. The van der Waals surface area contributed by atoms with Crippen LogP contribution in [-0.2, 0) is 20.7 Å². The molecule has 36 heavy (non-hydrogen) atoms. The zero-order valence-corrected chi connectivity index (χ0v) is 20.8. The van der Waals surface area contributed by atoms with Crippen LogP contribution in [0.15, 0.2) is 61.2 Å². The molecule has 186 valence electrons. The third-order valence-electron chi connectivity index (χ3n) is 6.82. The summed E-state index contributed by atoms with van der Waals surface area (Å²) in [6.45, 7) is -0.0158. The minimum atomic E-state index is -1.04. The van der Waals surface area contributed by atoms with E-state index in [1.807, 2.05) is 4.57 Å². The number of nitrogens with zero attached hydrogens (tertiary/aromatic N) is 2. The van der Waals surface area contributed by atoms with E-state index in [1.54, 1.807) is 61.2 Å². The van der Waals surface area contributed by atoms with Gasteiger partial charge < -0.3 is 19.9 Å². The monoisotopic (exact) mass is 526 g/mol. The van der Waals surface area contributed by atoms with E-state index >= 15 is 0 Å². The summed E-state index contributed by atoms with van der Waals surface area (Å²) >= 11 is 12.2. The van der Waals surface area contributed by atoms with E-state index in [4.69, 9.17) is 27.9 Å². The van der Waals surface area contributed by atoms with Crippen LogP contribution in [-0.4, -0.2) is 51.4 Å². The molecule has 3 unspecified atom stereocenters. The molecule has 3 atom stereocenters. The smallest absolute Gasteiger partial charge is 0.251 e. The zero-order valence-electron chi connectivity index (χ0n) is 19.2. The lowest BCUT2D eigenvalue weighted by molar-refractivity contribution is -0.131. The number of halogens is 2. The SMILES string of the molecule is O=C(NC(Cc1ccc(Cl)c(Cl)c1)C(=O)NC12CCCC1OCC2=O)c1ccc(-n2ccnc2)cc1. The maximum atomic E-state index is 13.5. The van der Waals surface area contributed by atoms with Crippen molar-refractivity contribution in [2.45, 2.75) is 43.4 Å². The fourth-order valence-corrected chi connectivity index (χ4v) is 5.21. The van der Waals surface area contributed by atoms with Gasteiger partial charge in [0.25, 0.3) is 5.91 Å². The molecule has 3 aromatic rings. The molecule has 0 radical (unpaired) electrons. The van der Waals surface area contributed by atoms with Gasteiger partial charge in [0.2, 0.25) is 5.91 Å². The number of rotatable bonds is 7. The maximum absolute atomic E-state index is 13.5. The summed E-state index contributed by atoms with van der Waals surface area (Å²) in [5, 5.41) is 6.52. The third-order valence-corrected chi connectivity index (χ3v) is 7.56. The summed E-state index contributed by atoms with van der Waals surface area (Å²) < 4.78 is 7.44. The fourth-order valence-electron chi connectivity index (χ4n) is 4.89. The molecule has 2 aliphatic rings. The van der Waals surface area contributed by atoms with Gasteiger partial charge in [0.05, 0.1) is 22.5 Å². The lowest BCUT2D eigenvalue weighted by atomic mass is 9.91. The number of hydrogen-bond acceptors (Lipinski definition) is 5. The first-order valence-corrected chi connectivity index (χ1v) is 12.4. The summed E-state index contributed by atoms with van der Waals surface area (Å²) in [7, 11) is 0. The van der Waals surface area contributed by atoms with Crippen LogP contribution in [0.25, 0.3) is 5.69 Å². The van der Waals surface area contributed by atoms with Crippen molar-refractivity contribution in [2.24, 2.45) is 0 Å². The molecule has 10 heteroatoms. The van der Waals surface area contributed by atoms with Gasteiger partial charge in [-0.05, 0) is 61.2 Å². The highest BCUT2D eigenvalue weighted by Crippen LogP contribution is 2.38. The highest BCUT2D eigenvalue weighted by Gasteiger charge is 2.55. The average Bonchev–Trinajstić information content (AvgIpc) is 3.60. The Hall–Kier alpha value is -3.20. The maximum Gasteiger partial charge on any atom is 0.251 e. The summed E-state index contributed by atoms with van der Waals surface area (Å²) in [4.78, 5) is 43.4. The summed E-state index contributed by atoms with van der Waals surface area (Å²) in [5.41, 5.74) is 0.919. The number of ether oxygens (including phenoxy) is 1. The lowest BCUT2D eigenvalue weighted by Gasteiger charge is -2.30. The van der Waals surface area contributed by atoms with Crippen LogP contribution in [0, 0.1) is 0 Å². The Balaban J connectivity index is 1.37. The van der Waals surface area contributed by atoms with Crippen molar-refractivity contribution in [2.75, 3.05) is 6.61 Å². The molecular weight excluding hydrogens is 503 g/mol. The Labute approximate surface area is 217 Å². The topological polar surface area (TPSA) is 102 Å². The average molecular weight is 527 g/mol. The van der Waals surface area contributed by atoms with Crippen LogP contribution in [0.5, 0.6) is 0 Å². The quantitative estimate of drug-likeness (QED) is 0.490. The van der Waals surface area contributed by atoms with Gasteiger partial charge in [0.15, 0.2) is 5.78 Å². The number of imidazole rings is 1. The third kappa shape index (κ3) is 4.76. The number of hydrogen-bond donors (Lipinski definition) is 2. The predicted octanol–water partition coefficient (Wildman–Crippen LogP) is 3.53. The van der Waals surface area contributed by atoms with Crippen LogP contribution in [0.2, 0.25) is 10.0 Å². The van der Waals surface area contributed by atoms with E-state index in [9.17, 15) is 14.4 Å². The van der Waals surface area contributed by atoms with E-state index in [0.717, 1.165) is 17.7 Å². The predicted molar refractivity (Wildman–Crippen MR) is 134 cm³/mol. The van der Waals surface area contributed by atoms with E-state index < -0.39 is 23.4 Å². The first-order chi connectivity index (χ1) is 17.4. The number of amides is 2. The van der Waals surface area contributed by atoms with Gasteiger partial charge in [-0.15, -0.1) is 0 Å². The van der Waals surface area contributed by atoms with E-state index in [2.05, 4.69) is 15.6 Å². The van der Waals surface area contributed by atoms with Gasteiger partial charge in [0, 0.05) is 30.1 Å². The molecule has 1 saturated heterocycles. The zero-order chi connectivity index (χ0) is 25.3. The first-order valence-electron chi connectivity index (χ1n) is 11.7. The van der Waals surface area contributed by atoms with Crippen LogP contribution in [0.1, 0.15) is 35.2 Å². The molecular formula is C26H24Cl2N4O4. The van der Waals surface area contributed by atoms with Crippen molar-refractivity contribution in [1.82, 2.24) is 20.2 Å². The summed E-state index contributed by atoms with van der Waals surface area (Å²) in [6.07, 6.45) is 6.96. The van der Waals surface area contributed by atoms with Gasteiger partial charge in [0.1, 0.15) is 18.2 Å². The van der Waals surface area contributed by atoms with Crippen molar-refractivity contribution < 1.29 is 19.1 Å². The van der Waals surface area contributed by atoms with E-state index in [-0.39, 0.29) is 24.9 Å². The molecule has 1 aliphatic heterocycles. The molecule has 1 saturated carbocycles. The number of ketones is 1.